The van der Waals surface area contributed by atoms with E-state index in [2.05, 4.69) is 0 Å². The van der Waals surface area contributed by atoms with E-state index in [0.29, 0.717) is 0 Å². The van der Waals surface area contributed by atoms with Gasteiger partial charge in [-0.2, -0.15) is 13.2 Å². The summed E-state index contributed by atoms with van der Waals surface area (Å²) < 4.78 is 49.3. The van der Waals surface area contributed by atoms with E-state index in [1.54, 1.807) is 0 Å². The molecule has 0 fully saturated rings. The Labute approximate surface area is 85.1 Å². The average molecular weight is 305 g/mol. The number of nitrogen functional groups attached to an aromatic ring is 1. The van der Waals surface area contributed by atoms with Gasteiger partial charge in [0.25, 0.3) is 0 Å². The van der Waals surface area contributed by atoms with Crippen LogP contribution in [0.1, 0.15) is 5.56 Å². The van der Waals surface area contributed by atoms with Gasteiger partial charge in [0.2, 0.25) is 0 Å². The van der Waals surface area contributed by atoms with Gasteiger partial charge < -0.3 is 5.73 Å². The maximum atomic E-state index is 12.7. The molecule has 0 aliphatic rings. The zero-order valence-electron chi connectivity index (χ0n) is 6.12. The Bertz CT molecular complexity index is 334. The number of benzene rings is 1. The van der Waals surface area contributed by atoms with Gasteiger partial charge in [0.1, 0.15) is 5.82 Å². The second-order valence-electron chi connectivity index (χ2n) is 2.32. The van der Waals surface area contributed by atoms with E-state index in [9.17, 15) is 17.6 Å². The van der Waals surface area contributed by atoms with Crippen LogP contribution in [0.4, 0.5) is 23.2 Å². The second kappa shape index (κ2) is 3.32. The zero-order valence-corrected chi connectivity index (χ0v) is 8.28. The summed E-state index contributed by atoms with van der Waals surface area (Å²) in [7, 11) is 0. The number of hydrogen-bond donors (Lipinski definition) is 1. The summed E-state index contributed by atoms with van der Waals surface area (Å²) in [6.45, 7) is 0. The molecule has 0 aliphatic carbocycles. The number of halogens is 5. The molecule has 1 aromatic carbocycles. The Balaban J connectivity index is 3.43. The van der Waals surface area contributed by atoms with Crippen molar-refractivity contribution in [2.24, 2.45) is 0 Å². The first-order valence-corrected chi connectivity index (χ1v) is 4.22. The highest BCUT2D eigenvalue weighted by Crippen LogP contribution is 2.37. The predicted octanol–water partition coefficient (Wildman–Crippen LogP) is 3.03. The normalized spacial score (nSPS) is 11.8. The van der Waals surface area contributed by atoms with Crippen molar-refractivity contribution in [2.75, 3.05) is 5.73 Å². The summed E-state index contributed by atoms with van der Waals surface area (Å²) in [5.41, 5.74) is 3.02. The van der Waals surface area contributed by atoms with E-state index >= 15 is 0 Å². The summed E-state index contributed by atoms with van der Waals surface area (Å²) in [6.07, 6.45) is -4.61. The molecule has 0 unspecified atom stereocenters. The lowest BCUT2D eigenvalue weighted by Gasteiger charge is -2.11. The smallest absolute Gasteiger partial charge is 0.396 e. The highest BCUT2D eigenvalue weighted by Gasteiger charge is 2.36. The van der Waals surface area contributed by atoms with Gasteiger partial charge in [0.05, 0.1) is 11.3 Å². The molecule has 1 rings (SSSR count). The molecule has 0 bridgehead atoms. The van der Waals surface area contributed by atoms with Gasteiger partial charge in [-0.3, -0.25) is 0 Å². The number of nitrogens with two attached hydrogens (primary N) is 1. The minimum Gasteiger partial charge on any atom is -0.396 e. The lowest BCUT2D eigenvalue weighted by Crippen LogP contribution is -2.12. The molecule has 13 heavy (non-hydrogen) atoms. The van der Waals surface area contributed by atoms with Gasteiger partial charge in [0.15, 0.2) is 0 Å². The summed E-state index contributed by atoms with van der Waals surface area (Å²) in [6, 6.07) is 1.95. The largest absolute Gasteiger partial charge is 0.419 e. The topological polar surface area (TPSA) is 26.0 Å². The van der Waals surface area contributed by atoms with Crippen LogP contribution < -0.4 is 5.73 Å². The minimum absolute atomic E-state index is 0.107. The van der Waals surface area contributed by atoms with Gasteiger partial charge in [0, 0.05) is 3.57 Å². The van der Waals surface area contributed by atoms with E-state index in [0.717, 1.165) is 12.1 Å². The summed E-state index contributed by atoms with van der Waals surface area (Å²) in [5.74, 6) is -1.05. The van der Waals surface area contributed by atoms with Crippen molar-refractivity contribution in [3.63, 3.8) is 0 Å². The summed E-state index contributed by atoms with van der Waals surface area (Å²) >= 11 is 1.46. The molecule has 6 heteroatoms. The van der Waals surface area contributed by atoms with Crippen molar-refractivity contribution in [3.8, 4) is 0 Å². The van der Waals surface area contributed by atoms with Crippen molar-refractivity contribution >= 4 is 28.3 Å². The Kier molecular flexibility index (Phi) is 2.69. The van der Waals surface area contributed by atoms with Crippen LogP contribution in [0.3, 0.4) is 0 Å². The lowest BCUT2D eigenvalue weighted by atomic mass is 10.1. The molecule has 0 aromatic heterocycles. The molecular weight excluding hydrogens is 301 g/mol. The average Bonchev–Trinajstić information content (AvgIpc) is 1.95. The van der Waals surface area contributed by atoms with Crippen molar-refractivity contribution in [3.05, 3.63) is 27.1 Å². The van der Waals surface area contributed by atoms with Crippen LogP contribution in [0, 0.1) is 9.39 Å². The van der Waals surface area contributed by atoms with E-state index in [-0.39, 0.29) is 3.57 Å². The zero-order chi connectivity index (χ0) is 10.2. The molecule has 0 amide bonds. The van der Waals surface area contributed by atoms with Crippen LogP contribution >= 0.6 is 22.6 Å². The predicted molar refractivity (Wildman–Crippen MR) is 48.5 cm³/mol. The summed E-state index contributed by atoms with van der Waals surface area (Å²) in [5, 5.41) is 0. The third-order valence-corrected chi connectivity index (χ3v) is 2.32. The Hall–Kier alpha value is -0.530. The van der Waals surface area contributed by atoms with Crippen molar-refractivity contribution in [1.82, 2.24) is 0 Å². The highest BCUT2D eigenvalue weighted by atomic mass is 127. The standard InChI is InChI=1S/C7H4F4IN/c8-3-1-2-4(12)5(6(3)13)7(9,10)11/h1-2H,13H2. The van der Waals surface area contributed by atoms with Crippen LogP contribution in [0.2, 0.25) is 0 Å². The van der Waals surface area contributed by atoms with E-state index in [4.69, 9.17) is 5.73 Å². The van der Waals surface area contributed by atoms with Gasteiger partial charge in [-0.1, -0.05) is 0 Å². The van der Waals surface area contributed by atoms with Crippen LogP contribution in [-0.4, -0.2) is 0 Å². The third-order valence-electron chi connectivity index (χ3n) is 1.42. The van der Waals surface area contributed by atoms with Crippen LogP contribution in [0.5, 0.6) is 0 Å². The first-order chi connectivity index (χ1) is 5.84. The minimum atomic E-state index is -4.61. The SMILES string of the molecule is Nc1c(F)ccc(I)c1C(F)(F)F. The first kappa shape index (κ1) is 10.6. The van der Waals surface area contributed by atoms with Gasteiger partial charge in [-0.15, -0.1) is 0 Å². The lowest BCUT2D eigenvalue weighted by molar-refractivity contribution is -0.137. The molecule has 0 saturated carbocycles. The fraction of sp³-hybridized carbons (Fsp3) is 0.143. The molecule has 72 valence electrons. The third kappa shape index (κ3) is 2.04. The molecule has 0 heterocycles. The van der Waals surface area contributed by atoms with Gasteiger partial charge >= 0.3 is 6.18 Å². The maximum absolute atomic E-state index is 12.7. The molecular formula is C7H4F4IN. The second-order valence-corrected chi connectivity index (χ2v) is 3.48. The van der Waals surface area contributed by atoms with Crippen molar-refractivity contribution < 1.29 is 17.6 Å². The fourth-order valence-electron chi connectivity index (χ4n) is 0.856. The number of rotatable bonds is 0. The van der Waals surface area contributed by atoms with Gasteiger partial charge in [-0.25, -0.2) is 4.39 Å². The molecule has 0 spiro atoms. The van der Waals surface area contributed by atoms with E-state index < -0.39 is 23.2 Å². The number of hydrogen-bond acceptors (Lipinski definition) is 1. The van der Waals surface area contributed by atoms with Crippen LogP contribution in [0.15, 0.2) is 12.1 Å². The summed E-state index contributed by atoms with van der Waals surface area (Å²) in [4.78, 5) is 0. The Morgan fingerprint density at radius 3 is 2.15 bits per heavy atom. The van der Waals surface area contributed by atoms with Crippen LogP contribution in [-0.2, 0) is 6.18 Å². The number of alkyl halides is 3. The molecule has 0 atom stereocenters. The quantitative estimate of drug-likeness (QED) is 0.445. The molecule has 2 N–H and O–H groups in total. The van der Waals surface area contributed by atoms with Crippen molar-refractivity contribution in [1.29, 1.82) is 0 Å². The molecule has 1 aromatic rings. The number of anilines is 1. The van der Waals surface area contributed by atoms with Crippen molar-refractivity contribution in [2.45, 2.75) is 6.18 Å². The molecule has 0 radical (unpaired) electrons. The first-order valence-electron chi connectivity index (χ1n) is 3.14. The Morgan fingerprint density at radius 1 is 1.23 bits per heavy atom. The van der Waals surface area contributed by atoms with Crippen LogP contribution in [0.25, 0.3) is 0 Å². The molecule has 0 aliphatic heterocycles. The molecule has 0 saturated heterocycles. The monoisotopic (exact) mass is 305 g/mol. The Morgan fingerprint density at radius 2 is 1.77 bits per heavy atom. The van der Waals surface area contributed by atoms with Gasteiger partial charge in [-0.05, 0) is 34.7 Å². The fourth-order valence-corrected chi connectivity index (χ4v) is 1.63. The van der Waals surface area contributed by atoms with E-state index in [1.165, 1.54) is 22.6 Å². The maximum Gasteiger partial charge on any atom is 0.419 e. The van der Waals surface area contributed by atoms with E-state index in [1.807, 2.05) is 0 Å². The highest BCUT2D eigenvalue weighted by molar-refractivity contribution is 14.1. The molecule has 1 nitrogen and oxygen atoms in total.